The smallest absolute Gasteiger partial charge is 0.373 e. The first-order chi connectivity index (χ1) is 8.54. The molecule has 4 nitrogen and oxygen atoms in total. The van der Waals surface area contributed by atoms with Crippen molar-refractivity contribution in [3.8, 4) is 11.5 Å². The highest BCUT2D eigenvalue weighted by molar-refractivity contribution is 6.31. The number of aromatic carboxylic acids is 1. The fraction of sp³-hybridized carbons (Fsp3) is 0.231. The number of carbonyl (C=O) groups is 1. The van der Waals surface area contributed by atoms with E-state index in [1.54, 1.807) is 18.2 Å². The summed E-state index contributed by atoms with van der Waals surface area (Å²) in [5.74, 6) is -0.915. The van der Waals surface area contributed by atoms with Gasteiger partial charge in [-0.3, -0.25) is 0 Å². The Morgan fingerprint density at radius 2 is 2.22 bits per heavy atom. The van der Waals surface area contributed by atoms with Gasteiger partial charge in [0.15, 0.2) is 0 Å². The van der Waals surface area contributed by atoms with E-state index in [0.717, 1.165) is 5.56 Å². The summed E-state index contributed by atoms with van der Waals surface area (Å²) in [7, 11) is 0. The molecule has 0 atom stereocenters. The van der Waals surface area contributed by atoms with Crippen molar-refractivity contribution in [1.82, 2.24) is 4.98 Å². The maximum Gasteiger partial charge on any atom is 0.373 e. The van der Waals surface area contributed by atoms with Crippen LogP contribution in [0.25, 0.3) is 11.5 Å². The molecule has 0 saturated heterocycles. The molecule has 0 aliphatic rings. The van der Waals surface area contributed by atoms with Crippen molar-refractivity contribution in [2.45, 2.75) is 20.3 Å². The molecule has 18 heavy (non-hydrogen) atoms. The molecule has 1 N–H and O–H groups in total. The molecule has 2 rings (SSSR count). The molecule has 5 heteroatoms. The van der Waals surface area contributed by atoms with Gasteiger partial charge in [0.25, 0.3) is 0 Å². The third-order valence-electron chi connectivity index (χ3n) is 2.72. The van der Waals surface area contributed by atoms with Gasteiger partial charge in [-0.2, -0.15) is 0 Å². The number of halogens is 1. The van der Waals surface area contributed by atoms with E-state index in [9.17, 15) is 4.79 Å². The van der Waals surface area contributed by atoms with Gasteiger partial charge >= 0.3 is 5.97 Å². The van der Waals surface area contributed by atoms with Crippen LogP contribution in [0.3, 0.4) is 0 Å². The predicted molar refractivity (Wildman–Crippen MR) is 68.0 cm³/mol. The molecular formula is C13H12ClNO3. The maximum absolute atomic E-state index is 11.0. The average molecular weight is 266 g/mol. The second-order valence-corrected chi connectivity index (χ2v) is 4.27. The van der Waals surface area contributed by atoms with E-state index in [2.05, 4.69) is 4.98 Å². The van der Waals surface area contributed by atoms with Gasteiger partial charge in [-0.05, 0) is 31.0 Å². The second kappa shape index (κ2) is 4.82. The lowest BCUT2D eigenvalue weighted by atomic mass is 10.1. The van der Waals surface area contributed by atoms with Crippen LogP contribution in [0.1, 0.15) is 28.7 Å². The fourth-order valence-corrected chi connectivity index (χ4v) is 1.89. The lowest BCUT2D eigenvalue weighted by Crippen LogP contribution is -1.98. The van der Waals surface area contributed by atoms with Crippen LogP contribution in [0.4, 0.5) is 0 Å². The number of aromatic nitrogens is 1. The van der Waals surface area contributed by atoms with Crippen molar-refractivity contribution in [3.63, 3.8) is 0 Å². The van der Waals surface area contributed by atoms with Crippen LogP contribution < -0.4 is 0 Å². The van der Waals surface area contributed by atoms with Gasteiger partial charge in [0, 0.05) is 10.6 Å². The number of aryl methyl sites for hydroxylation is 1. The summed E-state index contributed by atoms with van der Waals surface area (Å²) in [6.45, 7) is 3.67. The summed E-state index contributed by atoms with van der Waals surface area (Å²) in [5.41, 5.74) is 1.97. The standard InChI is InChI=1S/C13H12ClNO3/c1-3-10-11(13(16)17)18-12(15-10)8-5-4-6-9(14)7(8)2/h4-6H,3H2,1-2H3,(H,16,17). The lowest BCUT2D eigenvalue weighted by molar-refractivity contribution is 0.0662. The molecule has 0 bridgehead atoms. The predicted octanol–water partition coefficient (Wildman–Crippen LogP) is 3.56. The van der Waals surface area contributed by atoms with E-state index < -0.39 is 5.97 Å². The minimum absolute atomic E-state index is 0.105. The van der Waals surface area contributed by atoms with Crippen LogP contribution in [-0.2, 0) is 6.42 Å². The molecule has 1 aromatic heterocycles. The molecule has 2 aromatic rings. The Labute approximate surface area is 109 Å². The Bertz CT molecular complexity index is 604. The normalized spacial score (nSPS) is 10.6. The van der Waals surface area contributed by atoms with Crippen molar-refractivity contribution in [1.29, 1.82) is 0 Å². The summed E-state index contributed by atoms with van der Waals surface area (Å²) >= 11 is 6.02. The highest BCUT2D eigenvalue weighted by Gasteiger charge is 2.20. The van der Waals surface area contributed by atoms with E-state index in [4.69, 9.17) is 21.1 Å². The van der Waals surface area contributed by atoms with E-state index in [0.29, 0.717) is 28.6 Å². The Balaban J connectivity index is 2.58. The van der Waals surface area contributed by atoms with Crippen LogP contribution in [0.2, 0.25) is 5.02 Å². The van der Waals surface area contributed by atoms with Gasteiger partial charge < -0.3 is 9.52 Å². The quantitative estimate of drug-likeness (QED) is 0.921. The highest BCUT2D eigenvalue weighted by Crippen LogP contribution is 2.29. The first kappa shape index (κ1) is 12.6. The topological polar surface area (TPSA) is 63.3 Å². The van der Waals surface area contributed by atoms with Crippen molar-refractivity contribution in [3.05, 3.63) is 40.2 Å². The zero-order valence-corrected chi connectivity index (χ0v) is 10.8. The molecule has 0 radical (unpaired) electrons. The van der Waals surface area contributed by atoms with Crippen molar-refractivity contribution in [2.24, 2.45) is 0 Å². The van der Waals surface area contributed by atoms with Gasteiger partial charge in [-0.25, -0.2) is 9.78 Å². The molecular weight excluding hydrogens is 254 g/mol. The number of oxazole rings is 1. The summed E-state index contributed by atoms with van der Waals surface area (Å²) in [6, 6.07) is 5.35. The van der Waals surface area contributed by atoms with Crippen LogP contribution in [0, 0.1) is 6.92 Å². The average Bonchev–Trinajstić information content (AvgIpc) is 2.76. The van der Waals surface area contributed by atoms with E-state index in [1.807, 2.05) is 13.8 Å². The Hall–Kier alpha value is -1.81. The SMILES string of the molecule is CCc1nc(-c2cccc(Cl)c2C)oc1C(=O)O. The third kappa shape index (κ3) is 2.11. The molecule has 0 fully saturated rings. The first-order valence-corrected chi connectivity index (χ1v) is 5.90. The lowest BCUT2D eigenvalue weighted by Gasteiger charge is -2.02. The Kier molecular flexibility index (Phi) is 3.39. The molecule has 0 aliphatic carbocycles. The minimum Gasteiger partial charge on any atom is -0.475 e. The van der Waals surface area contributed by atoms with Crippen molar-refractivity contribution in [2.75, 3.05) is 0 Å². The van der Waals surface area contributed by atoms with Gasteiger partial charge in [-0.15, -0.1) is 0 Å². The summed E-state index contributed by atoms with van der Waals surface area (Å²) in [4.78, 5) is 15.2. The van der Waals surface area contributed by atoms with E-state index in [1.165, 1.54) is 0 Å². The van der Waals surface area contributed by atoms with Crippen molar-refractivity contribution >= 4 is 17.6 Å². The first-order valence-electron chi connectivity index (χ1n) is 5.53. The van der Waals surface area contributed by atoms with Crippen LogP contribution in [-0.4, -0.2) is 16.1 Å². The highest BCUT2D eigenvalue weighted by atomic mass is 35.5. The van der Waals surface area contributed by atoms with Gasteiger partial charge in [0.2, 0.25) is 11.7 Å². The molecule has 0 aliphatic heterocycles. The fourth-order valence-electron chi connectivity index (χ4n) is 1.71. The van der Waals surface area contributed by atoms with Gasteiger partial charge in [-0.1, -0.05) is 24.6 Å². The molecule has 0 saturated carbocycles. The van der Waals surface area contributed by atoms with E-state index >= 15 is 0 Å². The minimum atomic E-state index is -1.11. The van der Waals surface area contributed by atoms with Gasteiger partial charge in [0.1, 0.15) is 0 Å². The number of benzene rings is 1. The third-order valence-corrected chi connectivity index (χ3v) is 3.13. The number of carboxylic acids is 1. The number of carboxylic acid groups (broad SMARTS) is 1. The maximum atomic E-state index is 11.0. The molecule has 1 aromatic carbocycles. The van der Waals surface area contributed by atoms with E-state index in [-0.39, 0.29) is 5.76 Å². The largest absolute Gasteiger partial charge is 0.475 e. The summed E-state index contributed by atoms with van der Waals surface area (Å²) < 4.78 is 5.32. The monoisotopic (exact) mass is 265 g/mol. The Morgan fingerprint density at radius 3 is 2.78 bits per heavy atom. The summed E-state index contributed by atoms with van der Waals surface area (Å²) in [6.07, 6.45) is 0.505. The zero-order chi connectivity index (χ0) is 13.3. The number of nitrogens with zero attached hydrogens (tertiary/aromatic N) is 1. The number of hydrogen-bond donors (Lipinski definition) is 1. The zero-order valence-electron chi connectivity index (χ0n) is 10.0. The molecule has 1 heterocycles. The van der Waals surface area contributed by atoms with Crippen LogP contribution in [0.15, 0.2) is 22.6 Å². The van der Waals surface area contributed by atoms with Crippen molar-refractivity contribution < 1.29 is 14.3 Å². The molecule has 0 spiro atoms. The Morgan fingerprint density at radius 1 is 1.50 bits per heavy atom. The molecule has 0 unspecified atom stereocenters. The van der Waals surface area contributed by atoms with Crippen LogP contribution in [0.5, 0.6) is 0 Å². The summed E-state index contributed by atoms with van der Waals surface area (Å²) in [5, 5.41) is 9.62. The molecule has 0 amide bonds. The second-order valence-electron chi connectivity index (χ2n) is 3.87. The molecule has 94 valence electrons. The number of hydrogen-bond acceptors (Lipinski definition) is 3. The van der Waals surface area contributed by atoms with Crippen LogP contribution >= 0.6 is 11.6 Å². The van der Waals surface area contributed by atoms with Gasteiger partial charge in [0.05, 0.1) is 5.69 Å². The number of rotatable bonds is 3.